The van der Waals surface area contributed by atoms with Crippen LogP contribution < -0.4 is 5.32 Å². The third-order valence-electron chi connectivity index (χ3n) is 5.13. The zero-order chi connectivity index (χ0) is 27.4. The summed E-state index contributed by atoms with van der Waals surface area (Å²) in [5.41, 5.74) is -0.00316. The molecule has 1 aromatic heterocycles. The lowest BCUT2D eigenvalue weighted by Gasteiger charge is -2.24. The summed E-state index contributed by atoms with van der Waals surface area (Å²) in [5.74, 6) is -0.645. The fraction of sp³-hybridized carbons (Fsp3) is 0.308. The van der Waals surface area contributed by atoms with E-state index in [1.54, 1.807) is 45.0 Å². The average Bonchev–Trinajstić information content (AvgIpc) is 3.26. The minimum atomic E-state index is -4.16. The molecule has 37 heavy (non-hydrogen) atoms. The molecule has 3 aromatic rings. The Balaban J connectivity index is 2.03. The molecule has 2 aromatic carbocycles. The maximum atomic E-state index is 14.8. The van der Waals surface area contributed by atoms with Gasteiger partial charge in [0.15, 0.2) is 0 Å². The van der Waals surface area contributed by atoms with Crippen molar-refractivity contribution in [2.75, 3.05) is 19.8 Å². The summed E-state index contributed by atoms with van der Waals surface area (Å²) in [6.07, 6.45) is 0.805. The molecule has 0 saturated heterocycles. The fourth-order valence-electron chi connectivity index (χ4n) is 3.38. The maximum absolute atomic E-state index is 14.8. The summed E-state index contributed by atoms with van der Waals surface area (Å²) in [6, 6.07) is 13.6. The molecule has 0 radical (unpaired) electrons. The van der Waals surface area contributed by atoms with Gasteiger partial charge >= 0.3 is 6.09 Å². The van der Waals surface area contributed by atoms with Gasteiger partial charge in [-0.25, -0.2) is 21.6 Å². The Morgan fingerprint density at radius 2 is 1.81 bits per heavy atom. The predicted octanol–water partition coefficient (Wildman–Crippen LogP) is 4.74. The number of hydrogen-bond acceptors (Lipinski definition) is 6. The van der Waals surface area contributed by atoms with Crippen molar-refractivity contribution in [3.05, 3.63) is 72.2 Å². The molecular weight excluding hydrogens is 517 g/mol. The smallest absolute Gasteiger partial charge is 0.410 e. The molecule has 8 nitrogen and oxygen atoms in total. The van der Waals surface area contributed by atoms with Crippen molar-refractivity contribution in [2.24, 2.45) is 0 Å². The van der Waals surface area contributed by atoms with E-state index >= 15 is 0 Å². The number of ether oxygens (including phenoxy) is 1. The zero-order valence-corrected chi connectivity index (χ0v) is 23.0. The third kappa shape index (κ3) is 7.14. The second kappa shape index (κ2) is 11.4. The van der Waals surface area contributed by atoms with Crippen molar-refractivity contribution in [3.63, 3.8) is 0 Å². The van der Waals surface area contributed by atoms with E-state index < -0.39 is 27.5 Å². The number of benzene rings is 2. The summed E-state index contributed by atoms with van der Waals surface area (Å²) in [6.45, 7) is 5.29. The molecule has 1 N–H and O–H groups in total. The molecule has 198 valence electrons. The van der Waals surface area contributed by atoms with Crippen LogP contribution in [-0.2, 0) is 26.1 Å². The van der Waals surface area contributed by atoms with E-state index in [1.807, 2.05) is 0 Å². The van der Waals surface area contributed by atoms with E-state index in [0.29, 0.717) is 10.5 Å². The van der Waals surface area contributed by atoms with Crippen LogP contribution in [0.2, 0.25) is 0 Å². The zero-order valence-electron chi connectivity index (χ0n) is 21.3. The van der Waals surface area contributed by atoms with Crippen LogP contribution in [0.5, 0.6) is 0 Å². The van der Waals surface area contributed by atoms with Crippen LogP contribution in [0.3, 0.4) is 0 Å². The van der Waals surface area contributed by atoms with Gasteiger partial charge in [-0.05, 0) is 62.7 Å². The van der Waals surface area contributed by atoms with Gasteiger partial charge in [-0.15, -0.1) is 11.8 Å². The van der Waals surface area contributed by atoms with Gasteiger partial charge in [0.1, 0.15) is 11.4 Å². The van der Waals surface area contributed by atoms with E-state index in [1.165, 1.54) is 67.3 Å². The van der Waals surface area contributed by atoms with Crippen LogP contribution in [0.1, 0.15) is 26.3 Å². The van der Waals surface area contributed by atoms with Crippen LogP contribution in [0, 0.1) is 5.82 Å². The molecule has 0 aliphatic rings. The van der Waals surface area contributed by atoms with Gasteiger partial charge < -0.3 is 15.0 Å². The molecule has 0 saturated carbocycles. The topological polar surface area (TPSA) is 97.7 Å². The Morgan fingerprint density at radius 3 is 2.46 bits per heavy atom. The Morgan fingerprint density at radius 1 is 1.11 bits per heavy atom. The van der Waals surface area contributed by atoms with Crippen molar-refractivity contribution < 1.29 is 27.1 Å². The molecule has 1 heterocycles. The first-order chi connectivity index (χ1) is 17.3. The first-order valence-electron chi connectivity index (χ1n) is 11.4. The second-order valence-corrected chi connectivity index (χ2v) is 12.2. The van der Waals surface area contributed by atoms with Gasteiger partial charge in [-0.1, -0.05) is 18.2 Å². The number of halogens is 1. The number of thioether (sulfide) groups is 1. The molecule has 0 bridgehead atoms. The van der Waals surface area contributed by atoms with E-state index in [9.17, 15) is 22.4 Å². The summed E-state index contributed by atoms with van der Waals surface area (Å²) in [7, 11) is -1.10. The van der Waals surface area contributed by atoms with Crippen molar-refractivity contribution in [1.29, 1.82) is 0 Å². The van der Waals surface area contributed by atoms with E-state index in [0.717, 1.165) is 3.97 Å². The summed E-state index contributed by atoms with van der Waals surface area (Å²) < 4.78 is 48.7. The third-order valence-corrected chi connectivity index (χ3v) is 7.79. The monoisotopic (exact) mass is 547 g/mol. The van der Waals surface area contributed by atoms with Crippen LogP contribution in [-0.4, -0.2) is 54.7 Å². The number of amides is 2. The highest BCUT2D eigenvalue weighted by Gasteiger charge is 2.25. The molecule has 0 unspecified atom stereocenters. The largest absolute Gasteiger partial charge is 0.444 e. The number of carbonyl (C=O) groups excluding carboxylic acids is 2. The molecule has 0 aliphatic carbocycles. The number of aromatic nitrogens is 1. The number of carbonyl (C=O) groups is 2. The molecular formula is C26H30FN3O5S2. The number of hydrogen-bond donors (Lipinski definition) is 1. The van der Waals surface area contributed by atoms with Gasteiger partial charge in [0, 0.05) is 30.8 Å². The molecule has 0 fully saturated rings. The Labute approximate surface area is 220 Å². The predicted molar refractivity (Wildman–Crippen MR) is 141 cm³/mol. The first kappa shape index (κ1) is 28.3. The van der Waals surface area contributed by atoms with Crippen molar-refractivity contribution >= 4 is 33.8 Å². The van der Waals surface area contributed by atoms with Crippen molar-refractivity contribution in [2.45, 2.75) is 42.7 Å². The summed E-state index contributed by atoms with van der Waals surface area (Å²) in [5, 5.41) is 2.52. The quantitative estimate of drug-likeness (QED) is 0.410. The minimum Gasteiger partial charge on any atom is -0.444 e. The van der Waals surface area contributed by atoms with E-state index in [4.69, 9.17) is 4.74 Å². The molecule has 0 spiro atoms. The molecule has 11 heteroatoms. The highest BCUT2D eigenvalue weighted by Crippen LogP contribution is 2.31. The van der Waals surface area contributed by atoms with Crippen molar-refractivity contribution in [1.82, 2.24) is 14.2 Å². The van der Waals surface area contributed by atoms with Gasteiger partial charge in [-0.3, -0.25) is 4.79 Å². The van der Waals surface area contributed by atoms with Crippen LogP contribution >= 0.6 is 11.8 Å². The van der Waals surface area contributed by atoms with Gasteiger partial charge in [-0.2, -0.15) is 0 Å². The van der Waals surface area contributed by atoms with Gasteiger partial charge in [0.05, 0.1) is 22.9 Å². The summed E-state index contributed by atoms with van der Waals surface area (Å²) >= 11 is 1.20. The maximum Gasteiger partial charge on any atom is 0.410 e. The Bertz CT molecular complexity index is 1400. The van der Waals surface area contributed by atoms with E-state index in [2.05, 4.69) is 5.32 Å². The molecule has 0 atom stereocenters. The Hall–Kier alpha value is -3.31. The average molecular weight is 548 g/mol. The lowest BCUT2D eigenvalue weighted by molar-refractivity contribution is -0.118. The number of nitrogens with zero attached hydrogens (tertiary/aromatic N) is 2. The lowest BCUT2D eigenvalue weighted by Crippen LogP contribution is -2.33. The molecule has 0 aliphatic heterocycles. The fourth-order valence-corrected chi connectivity index (χ4v) is 5.72. The van der Waals surface area contributed by atoms with Crippen molar-refractivity contribution in [3.8, 4) is 11.3 Å². The second-order valence-electron chi connectivity index (χ2n) is 9.29. The van der Waals surface area contributed by atoms with Crippen LogP contribution in [0.15, 0.2) is 70.6 Å². The minimum absolute atomic E-state index is 0.0188. The standard InChI is InChI=1S/C26H30FN3O5S2/c1-26(2,3)35-25(32)29(5)15-18-13-23(21-11-6-7-12-22(21)27)30(16-18)37(33,34)20-10-8-9-19(14-20)36-17-24(31)28-4/h6-14,16H,15,17H2,1-5H3,(H,28,31). The molecule has 2 amide bonds. The van der Waals surface area contributed by atoms with E-state index in [-0.39, 0.29) is 34.4 Å². The normalized spacial score (nSPS) is 11.7. The first-order valence-corrected chi connectivity index (χ1v) is 13.8. The summed E-state index contributed by atoms with van der Waals surface area (Å²) in [4.78, 5) is 26.0. The number of nitrogens with one attached hydrogen (secondary N) is 1. The molecule has 3 rings (SSSR count). The highest BCUT2D eigenvalue weighted by molar-refractivity contribution is 8.00. The van der Waals surface area contributed by atoms with Gasteiger partial charge in [0.2, 0.25) is 5.91 Å². The van der Waals surface area contributed by atoms with Crippen LogP contribution in [0.4, 0.5) is 9.18 Å². The van der Waals surface area contributed by atoms with Crippen LogP contribution in [0.25, 0.3) is 11.3 Å². The lowest BCUT2D eigenvalue weighted by atomic mass is 10.1. The highest BCUT2D eigenvalue weighted by atomic mass is 32.2. The Kier molecular flexibility index (Phi) is 8.70. The van der Waals surface area contributed by atoms with Gasteiger partial charge in [0.25, 0.3) is 10.0 Å². The SMILES string of the molecule is CNC(=O)CSc1cccc(S(=O)(=O)n2cc(CN(C)C(=O)OC(C)(C)C)cc2-c2ccccc2F)c1. The number of rotatable bonds is 8.